The van der Waals surface area contributed by atoms with Crippen LogP contribution < -0.4 is 10.2 Å². The molecule has 0 aliphatic heterocycles. The van der Waals surface area contributed by atoms with Gasteiger partial charge in [0.25, 0.3) is 7.82 Å². The van der Waals surface area contributed by atoms with Crippen LogP contribution in [0.4, 0.5) is 0 Å². The smallest absolute Gasteiger partial charge is 0.306 e. The van der Waals surface area contributed by atoms with Gasteiger partial charge in [0.15, 0.2) is 0 Å². The summed E-state index contributed by atoms with van der Waals surface area (Å²) in [7, 11) is 1.20. The summed E-state index contributed by atoms with van der Waals surface area (Å²) in [5, 5.41) is 3.04. The van der Waals surface area contributed by atoms with Crippen molar-refractivity contribution in [3.8, 4) is 0 Å². The van der Waals surface area contributed by atoms with E-state index in [0.29, 0.717) is 17.4 Å². The standard InChI is InChI=1S/C69H133N2O7P/c1-7-10-13-16-19-22-25-28-29-30-31-32-33-34-35-36-37-38-39-40-41-44-46-49-52-55-58-61-68(72)70-66(65-77-79(74,75)76-64-63-71(4,5)6)67(60-57-54-51-48-45-42-26-23-20-17-14-11-8-2)78-69(73)62-59-56-53-50-47-43-27-24-21-18-15-12-9-3/h19,22,28-29,57,60,66-67H,7-18,20-21,23-27,30-56,58-59,61-65H2,1-6H3,(H-,70,72,74,75)/b22-19-,29-28-,60-57-. The molecule has 0 aromatic carbocycles. The SMILES string of the molecule is CCCCC/C=C\C/C=C\CCCCCCCCCCCCCCCCCCCC(=O)NC(COP(=O)([O-])OCC[N+](C)(C)C)C(/C=C\CCCCCCCCCCCCC)OC(=O)CCCCCCCCCCCCCCC. The molecule has 466 valence electrons. The van der Waals surface area contributed by atoms with E-state index in [2.05, 4.69) is 50.4 Å². The van der Waals surface area contributed by atoms with Gasteiger partial charge in [-0.1, -0.05) is 302 Å². The predicted molar refractivity (Wildman–Crippen MR) is 340 cm³/mol. The summed E-state index contributed by atoms with van der Waals surface area (Å²) < 4.78 is 30.4. The second kappa shape index (κ2) is 59.4. The Morgan fingerprint density at radius 3 is 1.16 bits per heavy atom. The lowest BCUT2D eigenvalue weighted by molar-refractivity contribution is -0.870. The number of esters is 1. The van der Waals surface area contributed by atoms with Crippen molar-refractivity contribution in [1.29, 1.82) is 0 Å². The second-order valence-electron chi connectivity index (χ2n) is 24.7. The minimum Gasteiger partial charge on any atom is -0.756 e. The summed E-state index contributed by atoms with van der Waals surface area (Å²) in [6, 6.07) is -0.883. The number of carbonyl (C=O) groups is 2. The third-order valence-electron chi connectivity index (χ3n) is 15.6. The fraction of sp³-hybridized carbons (Fsp3) is 0.884. The molecule has 0 rings (SSSR count). The van der Waals surface area contributed by atoms with E-state index in [-0.39, 0.29) is 31.5 Å². The highest BCUT2D eigenvalue weighted by molar-refractivity contribution is 7.45. The number of carbonyl (C=O) groups excluding carboxylic acids is 2. The number of ether oxygens (including phenoxy) is 1. The lowest BCUT2D eigenvalue weighted by atomic mass is 10.0. The first-order valence-corrected chi connectivity index (χ1v) is 35.8. The molecule has 0 heterocycles. The van der Waals surface area contributed by atoms with Crippen molar-refractivity contribution in [2.24, 2.45) is 0 Å². The van der Waals surface area contributed by atoms with Gasteiger partial charge in [-0.3, -0.25) is 14.2 Å². The maximum Gasteiger partial charge on any atom is 0.306 e. The topological polar surface area (TPSA) is 114 Å². The Kier molecular flexibility index (Phi) is 58.1. The third kappa shape index (κ3) is 60.6. The third-order valence-corrected chi connectivity index (χ3v) is 16.5. The van der Waals surface area contributed by atoms with Crippen molar-refractivity contribution >= 4 is 19.7 Å². The van der Waals surface area contributed by atoms with Crippen LogP contribution >= 0.6 is 7.82 Å². The molecular formula is C69H133N2O7P. The minimum absolute atomic E-state index is 0.0188. The van der Waals surface area contributed by atoms with Gasteiger partial charge >= 0.3 is 5.97 Å². The molecule has 0 bridgehead atoms. The molecule has 0 aromatic rings. The Morgan fingerprint density at radius 2 is 0.772 bits per heavy atom. The van der Waals surface area contributed by atoms with E-state index in [1.54, 1.807) is 0 Å². The average molecular weight is 1130 g/mol. The number of amides is 1. The first kappa shape index (κ1) is 77.2. The Morgan fingerprint density at radius 1 is 0.443 bits per heavy atom. The van der Waals surface area contributed by atoms with Crippen LogP contribution in [0.3, 0.4) is 0 Å². The normalized spacial score (nSPS) is 13.8. The molecule has 0 saturated heterocycles. The van der Waals surface area contributed by atoms with Gasteiger partial charge in [-0.2, -0.15) is 0 Å². The van der Waals surface area contributed by atoms with Crippen LogP contribution in [0.1, 0.15) is 342 Å². The predicted octanol–water partition coefficient (Wildman–Crippen LogP) is 20.8. The van der Waals surface area contributed by atoms with E-state index in [1.165, 1.54) is 244 Å². The molecular weight excluding hydrogens is 1000 g/mol. The maximum atomic E-state index is 13.6. The van der Waals surface area contributed by atoms with E-state index < -0.39 is 20.0 Å². The van der Waals surface area contributed by atoms with Crippen molar-refractivity contribution in [3.63, 3.8) is 0 Å². The van der Waals surface area contributed by atoms with Gasteiger partial charge in [0.2, 0.25) is 5.91 Å². The number of nitrogens with zero attached hydrogens (tertiary/aromatic N) is 1. The highest BCUT2D eigenvalue weighted by Crippen LogP contribution is 2.38. The molecule has 0 aliphatic carbocycles. The van der Waals surface area contributed by atoms with Gasteiger partial charge in [0.05, 0.1) is 33.8 Å². The molecule has 79 heavy (non-hydrogen) atoms. The molecule has 3 unspecified atom stereocenters. The number of hydrogen-bond acceptors (Lipinski definition) is 7. The highest BCUT2D eigenvalue weighted by atomic mass is 31.2. The molecule has 0 saturated carbocycles. The Hall–Kier alpha value is -1.77. The fourth-order valence-corrected chi connectivity index (χ4v) is 11.0. The van der Waals surface area contributed by atoms with Crippen molar-refractivity contribution in [2.75, 3.05) is 40.9 Å². The zero-order chi connectivity index (χ0) is 57.9. The van der Waals surface area contributed by atoms with Crippen LogP contribution in [0.2, 0.25) is 0 Å². The number of rotatable bonds is 63. The Labute approximate surface area is 491 Å². The van der Waals surface area contributed by atoms with Gasteiger partial charge in [0, 0.05) is 12.8 Å². The van der Waals surface area contributed by atoms with Gasteiger partial charge in [0.1, 0.15) is 19.3 Å². The van der Waals surface area contributed by atoms with Crippen LogP contribution in [0.25, 0.3) is 0 Å². The van der Waals surface area contributed by atoms with Crippen LogP contribution in [0, 0.1) is 0 Å². The summed E-state index contributed by atoms with van der Waals surface area (Å²) in [4.78, 5) is 40.1. The first-order valence-electron chi connectivity index (χ1n) is 34.3. The summed E-state index contributed by atoms with van der Waals surface area (Å²) in [6.45, 7) is 6.87. The van der Waals surface area contributed by atoms with Crippen molar-refractivity contribution in [2.45, 2.75) is 354 Å². The molecule has 10 heteroatoms. The lowest BCUT2D eigenvalue weighted by Crippen LogP contribution is -2.47. The molecule has 1 amide bonds. The molecule has 9 nitrogen and oxygen atoms in total. The van der Waals surface area contributed by atoms with Gasteiger partial charge < -0.3 is 28.5 Å². The lowest BCUT2D eigenvalue weighted by Gasteiger charge is -2.30. The summed E-state index contributed by atoms with van der Waals surface area (Å²) in [5.41, 5.74) is 0. The summed E-state index contributed by atoms with van der Waals surface area (Å²) >= 11 is 0. The molecule has 3 atom stereocenters. The van der Waals surface area contributed by atoms with Crippen LogP contribution in [-0.4, -0.2) is 69.4 Å². The number of quaternary nitrogens is 1. The number of phosphoric ester groups is 1. The van der Waals surface area contributed by atoms with E-state index in [9.17, 15) is 19.0 Å². The number of likely N-dealkylation sites (N-methyl/N-ethyl adjacent to an activating group) is 1. The van der Waals surface area contributed by atoms with E-state index in [1.807, 2.05) is 33.3 Å². The van der Waals surface area contributed by atoms with E-state index >= 15 is 0 Å². The zero-order valence-electron chi connectivity index (χ0n) is 53.3. The monoisotopic (exact) mass is 1130 g/mol. The Bertz CT molecular complexity index is 1450. The molecule has 0 spiro atoms. The largest absolute Gasteiger partial charge is 0.756 e. The number of allylic oxidation sites excluding steroid dienone is 5. The second-order valence-corrected chi connectivity index (χ2v) is 26.1. The number of nitrogens with one attached hydrogen (secondary N) is 1. The number of hydrogen-bond donors (Lipinski definition) is 1. The highest BCUT2D eigenvalue weighted by Gasteiger charge is 2.27. The summed E-state index contributed by atoms with van der Waals surface area (Å²) in [6.07, 6.45) is 72.6. The molecule has 1 N–H and O–H groups in total. The van der Waals surface area contributed by atoms with Crippen molar-refractivity contribution < 1.29 is 37.3 Å². The Balaban J connectivity index is 4.98. The summed E-state index contributed by atoms with van der Waals surface area (Å²) in [5.74, 6) is -0.522. The average Bonchev–Trinajstić information content (AvgIpc) is 3.41. The van der Waals surface area contributed by atoms with Crippen molar-refractivity contribution in [3.05, 3.63) is 36.5 Å². The van der Waals surface area contributed by atoms with Crippen LogP contribution in [-0.2, 0) is 27.9 Å². The van der Waals surface area contributed by atoms with Gasteiger partial charge in [-0.25, -0.2) is 0 Å². The first-order chi connectivity index (χ1) is 38.4. The van der Waals surface area contributed by atoms with Crippen molar-refractivity contribution in [1.82, 2.24) is 5.32 Å². The number of unbranched alkanes of at least 4 members (excludes halogenated alkanes) is 43. The zero-order valence-corrected chi connectivity index (χ0v) is 54.2. The van der Waals surface area contributed by atoms with Gasteiger partial charge in [-0.05, 0) is 63.9 Å². The quantitative estimate of drug-likeness (QED) is 0.0212. The molecule has 0 aromatic heterocycles. The minimum atomic E-state index is -4.70. The molecule has 0 aliphatic rings. The fourth-order valence-electron chi connectivity index (χ4n) is 10.3. The number of phosphoric acid groups is 1. The molecule has 0 fully saturated rings. The van der Waals surface area contributed by atoms with Crippen LogP contribution in [0.15, 0.2) is 36.5 Å². The maximum absolute atomic E-state index is 13.6. The van der Waals surface area contributed by atoms with E-state index in [4.69, 9.17) is 13.8 Å². The van der Waals surface area contributed by atoms with Crippen LogP contribution in [0.5, 0.6) is 0 Å². The van der Waals surface area contributed by atoms with E-state index in [0.717, 1.165) is 64.2 Å². The molecule has 0 radical (unpaired) electrons. The van der Waals surface area contributed by atoms with Gasteiger partial charge in [-0.15, -0.1) is 0 Å².